The molecule has 0 aliphatic heterocycles. The molecule has 0 aliphatic carbocycles. The SMILES string of the molecule is Cc1ccc(C(=O)Nc2cccc(C=Nn3c(-c4ccc(OC(F)F)cc4)n[nH]c3=S)c2)cc1. The summed E-state index contributed by atoms with van der Waals surface area (Å²) in [6.45, 7) is -0.943. The highest BCUT2D eigenvalue weighted by atomic mass is 32.1. The minimum absolute atomic E-state index is 0.0347. The number of aryl methyl sites for hydroxylation is 1. The summed E-state index contributed by atoms with van der Waals surface area (Å²) in [6.07, 6.45) is 1.57. The molecule has 0 atom stereocenters. The summed E-state index contributed by atoms with van der Waals surface area (Å²) in [5, 5.41) is 14.1. The van der Waals surface area contributed by atoms with E-state index in [0.717, 1.165) is 11.1 Å². The molecule has 0 spiro atoms. The molecule has 0 radical (unpaired) electrons. The number of aromatic nitrogens is 3. The zero-order valence-electron chi connectivity index (χ0n) is 17.9. The minimum Gasteiger partial charge on any atom is -0.435 e. The molecule has 1 amide bonds. The Labute approximate surface area is 198 Å². The van der Waals surface area contributed by atoms with E-state index >= 15 is 0 Å². The van der Waals surface area contributed by atoms with Crippen molar-refractivity contribution in [2.24, 2.45) is 5.10 Å². The summed E-state index contributed by atoms with van der Waals surface area (Å²) in [5.74, 6) is 0.216. The fourth-order valence-electron chi connectivity index (χ4n) is 3.10. The van der Waals surface area contributed by atoms with E-state index in [1.165, 1.54) is 16.8 Å². The van der Waals surface area contributed by atoms with Gasteiger partial charge in [-0.3, -0.25) is 4.79 Å². The highest BCUT2D eigenvalue weighted by molar-refractivity contribution is 7.71. The van der Waals surface area contributed by atoms with Crippen LogP contribution in [0.4, 0.5) is 14.5 Å². The number of carbonyl (C=O) groups excluding carboxylic acids is 1. The predicted octanol–water partition coefficient (Wildman–Crippen LogP) is 5.65. The van der Waals surface area contributed by atoms with Crippen LogP contribution in [0.1, 0.15) is 21.5 Å². The Kier molecular flexibility index (Phi) is 6.88. The standard InChI is InChI=1S/C24H19F2N5O2S/c1-15-5-7-18(8-6-15)22(32)28-19-4-2-3-16(13-19)14-27-31-21(29-30-24(31)34)17-9-11-20(12-10-17)33-23(25)26/h2-14,23H,1H3,(H,28,32)(H,30,34). The third-order valence-electron chi connectivity index (χ3n) is 4.77. The molecule has 4 rings (SSSR count). The molecular weight excluding hydrogens is 460 g/mol. The highest BCUT2D eigenvalue weighted by Crippen LogP contribution is 2.22. The second kappa shape index (κ2) is 10.2. The van der Waals surface area contributed by atoms with Crippen molar-refractivity contribution in [1.82, 2.24) is 14.9 Å². The highest BCUT2D eigenvalue weighted by Gasteiger charge is 2.10. The largest absolute Gasteiger partial charge is 0.435 e. The van der Waals surface area contributed by atoms with Crippen LogP contribution >= 0.6 is 12.2 Å². The van der Waals surface area contributed by atoms with Crippen molar-refractivity contribution in [2.75, 3.05) is 5.32 Å². The molecule has 10 heteroatoms. The molecule has 0 aliphatic rings. The summed E-state index contributed by atoms with van der Waals surface area (Å²) in [4.78, 5) is 12.5. The van der Waals surface area contributed by atoms with Crippen LogP contribution in [0.3, 0.4) is 0 Å². The number of halogens is 2. The Balaban J connectivity index is 1.52. The summed E-state index contributed by atoms with van der Waals surface area (Å²) in [5.41, 5.74) is 3.57. The van der Waals surface area contributed by atoms with Gasteiger partial charge in [0, 0.05) is 16.8 Å². The Bertz CT molecular complexity index is 1380. The van der Waals surface area contributed by atoms with Crippen LogP contribution in [-0.4, -0.2) is 33.6 Å². The van der Waals surface area contributed by atoms with Gasteiger partial charge in [-0.05, 0) is 73.2 Å². The maximum absolute atomic E-state index is 12.5. The van der Waals surface area contributed by atoms with Gasteiger partial charge < -0.3 is 10.1 Å². The van der Waals surface area contributed by atoms with Gasteiger partial charge in [0.1, 0.15) is 5.75 Å². The van der Waals surface area contributed by atoms with Crippen molar-refractivity contribution >= 4 is 30.0 Å². The molecule has 1 heterocycles. The van der Waals surface area contributed by atoms with Crippen LogP contribution in [0.25, 0.3) is 11.4 Å². The van der Waals surface area contributed by atoms with Gasteiger partial charge in [-0.1, -0.05) is 29.8 Å². The molecule has 3 aromatic carbocycles. The Morgan fingerprint density at radius 1 is 1.15 bits per heavy atom. The molecule has 0 saturated carbocycles. The number of alkyl halides is 2. The van der Waals surface area contributed by atoms with Crippen LogP contribution in [0.15, 0.2) is 77.9 Å². The summed E-state index contributed by atoms with van der Waals surface area (Å²) < 4.78 is 30.8. The van der Waals surface area contributed by atoms with Crippen molar-refractivity contribution < 1.29 is 18.3 Å². The van der Waals surface area contributed by atoms with Gasteiger partial charge in [-0.2, -0.15) is 23.7 Å². The van der Waals surface area contributed by atoms with Crippen molar-refractivity contribution in [3.63, 3.8) is 0 Å². The third kappa shape index (κ3) is 5.59. The smallest absolute Gasteiger partial charge is 0.387 e. The Hall–Kier alpha value is -4.18. The zero-order chi connectivity index (χ0) is 24.1. The molecule has 0 bridgehead atoms. The van der Waals surface area contributed by atoms with Crippen LogP contribution < -0.4 is 10.1 Å². The molecule has 2 N–H and O–H groups in total. The number of benzene rings is 3. The molecule has 7 nitrogen and oxygen atoms in total. The first-order valence-corrected chi connectivity index (χ1v) is 10.5. The maximum atomic E-state index is 12.5. The Morgan fingerprint density at radius 3 is 2.59 bits per heavy atom. The molecule has 0 fully saturated rings. The second-order valence-electron chi connectivity index (χ2n) is 7.26. The summed E-state index contributed by atoms with van der Waals surface area (Å²) in [6, 6.07) is 20.4. The third-order valence-corrected chi connectivity index (χ3v) is 5.03. The van der Waals surface area contributed by atoms with E-state index < -0.39 is 6.61 Å². The molecular formula is C24H19F2N5O2S. The first-order valence-electron chi connectivity index (χ1n) is 10.1. The number of anilines is 1. The fraction of sp³-hybridized carbons (Fsp3) is 0.0833. The van der Waals surface area contributed by atoms with Crippen molar-refractivity contribution in [1.29, 1.82) is 0 Å². The van der Waals surface area contributed by atoms with Crippen molar-refractivity contribution in [3.05, 3.63) is 94.3 Å². The molecule has 0 unspecified atom stereocenters. The zero-order valence-corrected chi connectivity index (χ0v) is 18.7. The van der Waals surface area contributed by atoms with Gasteiger partial charge in [-0.25, -0.2) is 5.10 Å². The van der Waals surface area contributed by atoms with E-state index in [1.54, 1.807) is 48.7 Å². The van der Waals surface area contributed by atoms with E-state index in [1.807, 2.05) is 25.1 Å². The summed E-state index contributed by atoms with van der Waals surface area (Å²) in [7, 11) is 0. The average Bonchev–Trinajstić information content (AvgIpc) is 3.18. The number of ether oxygens (including phenoxy) is 1. The van der Waals surface area contributed by atoms with E-state index in [4.69, 9.17) is 12.2 Å². The first kappa shape index (κ1) is 23.0. The number of hydrogen-bond acceptors (Lipinski definition) is 5. The maximum Gasteiger partial charge on any atom is 0.387 e. The topological polar surface area (TPSA) is 84.3 Å². The van der Waals surface area contributed by atoms with E-state index in [2.05, 4.69) is 25.4 Å². The van der Waals surface area contributed by atoms with E-state index in [9.17, 15) is 13.6 Å². The van der Waals surface area contributed by atoms with Gasteiger partial charge in [0.2, 0.25) is 4.77 Å². The van der Waals surface area contributed by atoms with Gasteiger partial charge in [-0.15, -0.1) is 0 Å². The average molecular weight is 480 g/mol. The lowest BCUT2D eigenvalue weighted by molar-refractivity contribution is -0.0498. The first-order chi connectivity index (χ1) is 16.4. The lowest BCUT2D eigenvalue weighted by atomic mass is 10.1. The number of aromatic amines is 1. The molecule has 34 heavy (non-hydrogen) atoms. The molecule has 4 aromatic rings. The van der Waals surface area contributed by atoms with Gasteiger partial charge in [0.25, 0.3) is 5.91 Å². The molecule has 1 aromatic heterocycles. The molecule has 172 valence electrons. The number of hydrogen-bond donors (Lipinski definition) is 2. The Morgan fingerprint density at radius 2 is 1.88 bits per heavy atom. The van der Waals surface area contributed by atoms with E-state index in [0.29, 0.717) is 22.6 Å². The van der Waals surface area contributed by atoms with Crippen LogP contribution in [0.2, 0.25) is 0 Å². The lowest BCUT2D eigenvalue weighted by Crippen LogP contribution is -2.11. The summed E-state index contributed by atoms with van der Waals surface area (Å²) >= 11 is 5.27. The number of nitrogens with one attached hydrogen (secondary N) is 2. The van der Waals surface area contributed by atoms with E-state index in [-0.39, 0.29) is 16.4 Å². The van der Waals surface area contributed by atoms with Gasteiger partial charge in [0.05, 0.1) is 6.21 Å². The van der Waals surface area contributed by atoms with Gasteiger partial charge in [0.15, 0.2) is 5.82 Å². The fourth-order valence-corrected chi connectivity index (χ4v) is 3.28. The van der Waals surface area contributed by atoms with Crippen molar-refractivity contribution in [2.45, 2.75) is 13.5 Å². The monoisotopic (exact) mass is 479 g/mol. The molecule has 0 saturated heterocycles. The second-order valence-corrected chi connectivity index (χ2v) is 7.64. The normalized spacial score (nSPS) is 11.2. The minimum atomic E-state index is -2.90. The van der Waals surface area contributed by atoms with Crippen LogP contribution in [0, 0.1) is 11.7 Å². The predicted molar refractivity (Wildman–Crippen MR) is 128 cm³/mol. The van der Waals surface area contributed by atoms with Gasteiger partial charge >= 0.3 is 6.61 Å². The number of nitrogens with zero attached hydrogens (tertiary/aromatic N) is 3. The lowest BCUT2D eigenvalue weighted by Gasteiger charge is -2.07. The number of amides is 1. The van der Waals surface area contributed by atoms with Crippen molar-refractivity contribution in [3.8, 4) is 17.1 Å². The van der Waals surface area contributed by atoms with Crippen LogP contribution in [-0.2, 0) is 0 Å². The number of rotatable bonds is 7. The number of carbonyl (C=O) groups is 1. The van der Waals surface area contributed by atoms with Crippen LogP contribution in [0.5, 0.6) is 5.75 Å². The number of H-pyrrole nitrogens is 1. The quantitative estimate of drug-likeness (QED) is 0.265.